The summed E-state index contributed by atoms with van der Waals surface area (Å²) < 4.78 is 5.73. The van der Waals surface area contributed by atoms with Crippen LogP contribution in [0.4, 0.5) is 11.4 Å². The van der Waals surface area contributed by atoms with Gasteiger partial charge in [-0.2, -0.15) is 0 Å². The van der Waals surface area contributed by atoms with Crippen molar-refractivity contribution in [3.05, 3.63) is 90.0 Å². The second kappa shape index (κ2) is 9.99. The lowest BCUT2D eigenvalue weighted by molar-refractivity contribution is -0.121. The van der Waals surface area contributed by atoms with Crippen molar-refractivity contribution >= 4 is 29.1 Å². The van der Waals surface area contributed by atoms with Crippen LogP contribution in [0.2, 0.25) is 0 Å². The Morgan fingerprint density at radius 3 is 2.61 bits per heavy atom. The summed E-state index contributed by atoms with van der Waals surface area (Å²) in [5.41, 5.74) is 2.68. The zero-order chi connectivity index (χ0) is 23.2. The fraction of sp³-hybridized carbons (Fsp3) is 0.192. The van der Waals surface area contributed by atoms with Crippen molar-refractivity contribution in [3.63, 3.8) is 0 Å². The zero-order valence-electron chi connectivity index (χ0n) is 18.3. The molecule has 2 N–H and O–H groups in total. The minimum absolute atomic E-state index is 0.139. The fourth-order valence-electron chi connectivity index (χ4n) is 3.79. The second-order valence-electron chi connectivity index (χ2n) is 7.87. The molecule has 7 nitrogen and oxygen atoms in total. The van der Waals surface area contributed by atoms with Crippen molar-refractivity contribution in [2.45, 2.75) is 25.9 Å². The van der Waals surface area contributed by atoms with Crippen molar-refractivity contribution in [1.82, 2.24) is 5.32 Å². The first kappa shape index (κ1) is 22.1. The first-order valence-corrected chi connectivity index (χ1v) is 10.8. The molecule has 7 heteroatoms. The Morgan fingerprint density at radius 2 is 1.79 bits per heavy atom. The average molecular weight is 444 g/mol. The third-order valence-corrected chi connectivity index (χ3v) is 5.38. The summed E-state index contributed by atoms with van der Waals surface area (Å²) in [4.78, 5) is 39.3. The summed E-state index contributed by atoms with van der Waals surface area (Å²) in [5.74, 6) is -0.221. The van der Waals surface area contributed by atoms with Crippen molar-refractivity contribution in [3.8, 4) is 5.75 Å². The highest BCUT2D eigenvalue weighted by molar-refractivity contribution is 6.04. The van der Waals surface area contributed by atoms with Crippen LogP contribution >= 0.6 is 0 Å². The van der Waals surface area contributed by atoms with Gasteiger partial charge in [0.05, 0.1) is 11.4 Å². The number of nitrogens with zero attached hydrogens (tertiary/aromatic N) is 1. The van der Waals surface area contributed by atoms with Crippen molar-refractivity contribution in [2.75, 3.05) is 16.8 Å². The van der Waals surface area contributed by atoms with Crippen LogP contribution in [0, 0.1) is 0 Å². The van der Waals surface area contributed by atoms with Gasteiger partial charge in [-0.3, -0.25) is 14.4 Å². The Balaban J connectivity index is 1.41. The van der Waals surface area contributed by atoms with Gasteiger partial charge in [0.25, 0.3) is 11.8 Å². The molecule has 1 heterocycles. The van der Waals surface area contributed by atoms with Crippen LogP contribution in [0.25, 0.3) is 0 Å². The molecule has 0 aromatic heterocycles. The van der Waals surface area contributed by atoms with Crippen LogP contribution in [-0.2, 0) is 16.1 Å². The van der Waals surface area contributed by atoms with E-state index in [2.05, 4.69) is 10.6 Å². The van der Waals surface area contributed by atoms with Gasteiger partial charge in [0.2, 0.25) is 5.91 Å². The summed E-state index contributed by atoms with van der Waals surface area (Å²) in [6.45, 7) is 2.03. The number of fused-ring (bicyclic) bond motifs is 1. The molecule has 0 bridgehead atoms. The van der Waals surface area contributed by atoms with E-state index in [9.17, 15) is 14.4 Å². The minimum atomic E-state index is -0.320. The van der Waals surface area contributed by atoms with E-state index in [0.717, 1.165) is 5.56 Å². The van der Waals surface area contributed by atoms with E-state index in [1.807, 2.05) is 49.4 Å². The smallest absolute Gasteiger partial charge is 0.265 e. The molecular formula is C26H25N3O4. The van der Waals surface area contributed by atoms with Crippen LogP contribution in [0.3, 0.4) is 0 Å². The summed E-state index contributed by atoms with van der Waals surface area (Å²) in [6.07, 6.45) is 0.192. The number of ether oxygens (including phenoxy) is 1. The lowest BCUT2D eigenvalue weighted by atomic mass is 10.1. The normalized spacial score (nSPS) is 15.1. The Hall–Kier alpha value is -4.13. The van der Waals surface area contributed by atoms with Crippen LogP contribution in [-0.4, -0.2) is 30.4 Å². The van der Waals surface area contributed by atoms with Crippen molar-refractivity contribution in [1.29, 1.82) is 0 Å². The Morgan fingerprint density at radius 1 is 1.03 bits per heavy atom. The van der Waals surface area contributed by atoms with E-state index >= 15 is 0 Å². The molecule has 3 amide bonds. The predicted molar refractivity (Wildman–Crippen MR) is 126 cm³/mol. The van der Waals surface area contributed by atoms with Crippen LogP contribution in [0.1, 0.15) is 29.3 Å². The van der Waals surface area contributed by atoms with E-state index in [0.29, 0.717) is 29.2 Å². The molecule has 0 fully saturated rings. The standard InChI is InChI=1S/C26H25N3O4/c1-18-14-24(30)28-22-12-5-6-13-23(22)29(18)25(31)17-33-21-11-7-10-20(15-21)26(32)27-16-19-8-3-2-4-9-19/h2-13,15,18H,14,16-17H2,1H3,(H,27,32)(H,28,30)/t18-/m1/s1. The van der Waals surface area contributed by atoms with Crippen LogP contribution < -0.4 is 20.3 Å². The number of para-hydroxylation sites is 2. The molecular weight excluding hydrogens is 418 g/mol. The number of anilines is 2. The Bertz CT molecular complexity index is 1160. The summed E-state index contributed by atoms with van der Waals surface area (Å²) in [5, 5.41) is 5.72. The van der Waals surface area contributed by atoms with E-state index in [1.165, 1.54) is 0 Å². The van der Waals surface area contributed by atoms with Crippen LogP contribution in [0.5, 0.6) is 5.75 Å². The van der Waals surface area contributed by atoms with Gasteiger partial charge in [-0.1, -0.05) is 48.5 Å². The number of rotatable bonds is 6. The van der Waals surface area contributed by atoms with E-state index in [1.54, 1.807) is 41.3 Å². The summed E-state index contributed by atoms with van der Waals surface area (Å²) in [7, 11) is 0. The van der Waals surface area contributed by atoms with E-state index in [-0.39, 0.29) is 36.8 Å². The lowest BCUT2D eigenvalue weighted by Gasteiger charge is -2.27. The molecule has 0 radical (unpaired) electrons. The summed E-state index contributed by atoms with van der Waals surface area (Å²) in [6, 6.07) is 23.2. The molecule has 168 valence electrons. The van der Waals surface area contributed by atoms with Gasteiger partial charge < -0.3 is 20.3 Å². The molecule has 0 aliphatic carbocycles. The van der Waals surface area contributed by atoms with E-state index < -0.39 is 0 Å². The molecule has 0 spiro atoms. The molecule has 1 aliphatic rings. The number of benzene rings is 3. The first-order chi connectivity index (χ1) is 16.0. The van der Waals surface area contributed by atoms with Crippen molar-refractivity contribution in [2.24, 2.45) is 0 Å². The minimum Gasteiger partial charge on any atom is -0.484 e. The Kier molecular flexibility index (Phi) is 6.69. The molecule has 0 saturated heterocycles. The summed E-state index contributed by atoms with van der Waals surface area (Å²) >= 11 is 0. The number of amides is 3. The molecule has 3 aromatic rings. The molecule has 33 heavy (non-hydrogen) atoms. The highest BCUT2D eigenvalue weighted by atomic mass is 16.5. The molecule has 1 aliphatic heterocycles. The topological polar surface area (TPSA) is 87.7 Å². The van der Waals surface area contributed by atoms with E-state index in [4.69, 9.17) is 4.74 Å². The number of hydrogen-bond acceptors (Lipinski definition) is 4. The SMILES string of the molecule is C[C@@H]1CC(=O)Nc2ccccc2N1C(=O)COc1cccc(C(=O)NCc2ccccc2)c1. The molecule has 0 unspecified atom stereocenters. The maximum atomic E-state index is 13.1. The maximum Gasteiger partial charge on any atom is 0.265 e. The molecule has 3 aromatic carbocycles. The molecule has 4 rings (SSSR count). The number of carbonyl (C=O) groups excluding carboxylic acids is 3. The predicted octanol–water partition coefficient (Wildman–Crippen LogP) is 3.76. The van der Waals surface area contributed by atoms with Gasteiger partial charge in [0.15, 0.2) is 6.61 Å². The van der Waals surface area contributed by atoms with Crippen LogP contribution in [0.15, 0.2) is 78.9 Å². The molecule has 0 saturated carbocycles. The van der Waals surface area contributed by atoms with Gasteiger partial charge in [0, 0.05) is 24.6 Å². The maximum absolute atomic E-state index is 13.1. The van der Waals surface area contributed by atoms with Gasteiger partial charge in [-0.05, 0) is 42.8 Å². The Labute approximate surface area is 192 Å². The third kappa shape index (κ3) is 5.38. The average Bonchev–Trinajstić information content (AvgIpc) is 2.96. The first-order valence-electron chi connectivity index (χ1n) is 10.8. The monoisotopic (exact) mass is 443 g/mol. The van der Waals surface area contributed by atoms with Gasteiger partial charge in [-0.25, -0.2) is 0 Å². The molecule has 1 atom stereocenters. The van der Waals surface area contributed by atoms with Gasteiger partial charge in [-0.15, -0.1) is 0 Å². The highest BCUT2D eigenvalue weighted by Gasteiger charge is 2.29. The fourth-order valence-corrected chi connectivity index (χ4v) is 3.79. The number of hydrogen-bond donors (Lipinski definition) is 2. The third-order valence-electron chi connectivity index (χ3n) is 5.38. The largest absolute Gasteiger partial charge is 0.484 e. The second-order valence-corrected chi connectivity index (χ2v) is 7.87. The number of nitrogens with one attached hydrogen (secondary N) is 2. The van der Waals surface area contributed by atoms with Gasteiger partial charge >= 0.3 is 0 Å². The quantitative estimate of drug-likeness (QED) is 0.607. The highest BCUT2D eigenvalue weighted by Crippen LogP contribution is 2.31. The number of carbonyl (C=O) groups is 3. The lowest BCUT2D eigenvalue weighted by Crippen LogP contribution is -2.41. The zero-order valence-corrected chi connectivity index (χ0v) is 18.3. The van der Waals surface area contributed by atoms with Gasteiger partial charge in [0.1, 0.15) is 5.75 Å². The van der Waals surface area contributed by atoms with Crippen molar-refractivity contribution < 1.29 is 19.1 Å².